The van der Waals surface area contributed by atoms with Gasteiger partial charge in [-0.05, 0) is 95.6 Å². The number of fused-ring (bicyclic) bond motifs is 1. The highest BCUT2D eigenvalue weighted by Gasteiger charge is 2.28. The van der Waals surface area contributed by atoms with E-state index in [1.807, 2.05) is 42.2 Å². The number of hydrogen-bond donors (Lipinski definition) is 6. The third kappa shape index (κ3) is 18.5. The minimum absolute atomic E-state index is 0.0000586. The number of nitrogens with zero attached hydrogens (tertiary/aromatic N) is 2. The zero-order valence-electron chi connectivity index (χ0n) is 39.5. The lowest BCUT2D eigenvalue weighted by Crippen LogP contribution is -2.38. The first-order valence-corrected chi connectivity index (χ1v) is 25.0. The number of nitrogens with two attached hydrogens (primary N) is 3. The van der Waals surface area contributed by atoms with Crippen molar-refractivity contribution in [2.24, 2.45) is 17.3 Å². The summed E-state index contributed by atoms with van der Waals surface area (Å²) >= 11 is 0. The second-order valence-corrected chi connectivity index (χ2v) is 18.2. The summed E-state index contributed by atoms with van der Waals surface area (Å²) < 4.78 is 0. The first-order chi connectivity index (χ1) is 31.1. The highest BCUT2D eigenvalue weighted by molar-refractivity contribution is 5.98. The molecule has 0 spiro atoms. The van der Waals surface area contributed by atoms with E-state index < -0.39 is 0 Å². The summed E-state index contributed by atoms with van der Waals surface area (Å²) in [4.78, 5) is 40.4. The van der Waals surface area contributed by atoms with Gasteiger partial charge in [0.2, 0.25) is 17.7 Å². The molecule has 0 aromatic heterocycles. The zero-order chi connectivity index (χ0) is 45.9. The van der Waals surface area contributed by atoms with E-state index in [2.05, 4.69) is 47.3 Å². The van der Waals surface area contributed by atoms with Crippen molar-refractivity contribution in [3.63, 3.8) is 0 Å². The molecule has 0 bridgehead atoms. The molecule has 3 aliphatic rings. The van der Waals surface area contributed by atoms with Gasteiger partial charge in [0.25, 0.3) is 0 Å². The van der Waals surface area contributed by atoms with Gasteiger partial charge in [-0.15, -0.1) is 0 Å². The van der Waals surface area contributed by atoms with Crippen LogP contribution in [0.1, 0.15) is 173 Å². The van der Waals surface area contributed by atoms with Crippen molar-refractivity contribution in [1.82, 2.24) is 21.0 Å². The fourth-order valence-electron chi connectivity index (χ4n) is 9.04. The zero-order valence-corrected chi connectivity index (χ0v) is 39.5. The Hall–Kier alpha value is -4.61. The monoisotopic (exact) mass is 881 g/mol. The van der Waals surface area contributed by atoms with E-state index in [9.17, 15) is 14.4 Å². The molecule has 1 aromatic carbocycles. The predicted molar refractivity (Wildman–Crippen MR) is 266 cm³/mol. The van der Waals surface area contributed by atoms with Crippen LogP contribution in [0.25, 0.3) is 5.70 Å². The second-order valence-electron chi connectivity index (χ2n) is 18.2. The molecule has 1 aliphatic heterocycles. The van der Waals surface area contributed by atoms with E-state index in [0.717, 1.165) is 105 Å². The average molecular weight is 881 g/mol. The topological polar surface area (TPSA) is 172 Å². The molecule has 4 rings (SSSR count). The predicted octanol–water partition coefficient (Wildman–Crippen LogP) is 9.63. The van der Waals surface area contributed by atoms with Gasteiger partial charge in [-0.25, -0.2) is 5.84 Å². The van der Waals surface area contributed by atoms with Crippen LogP contribution in [0.2, 0.25) is 0 Å². The number of carbonyl (C=O) groups is 3. The fraction of sp³-hybridized carbons (Fsp3) is 0.604. The molecular weight excluding hydrogens is 797 g/mol. The molecule has 11 nitrogen and oxygen atoms in total. The first-order valence-electron chi connectivity index (χ1n) is 25.0. The molecule has 1 heterocycles. The molecule has 0 radical (unpaired) electrons. The summed E-state index contributed by atoms with van der Waals surface area (Å²) in [6.45, 7) is 12.8. The summed E-state index contributed by atoms with van der Waals surface area (Å²) in [5.74, 6) is 7.11. The highest BCUT2D eigenvalue weighted by atomic mass is 16.2. The second kappa shape index (κ2) is 29.8. The Bertz CT molecular complexity index is 1770. The maximum absolute atomic E-state index is 13.9. The van der Waals surface area contributed by atoms with E-state index in [0.29, 0.717) is 69.2 Å². The van der Waals surface area contributed by atoms with E-state index >= 15 is 0 Å². The molecular formula is C53H84N8O3. The molecule has 1 saturated carbocycles. The molecule has 1 fully saturated rings. The third-order valence-electron chi connectivity index (χ3n) is 12.9. The summed E-state index contributed by atoms with van der Waals surface area (Å²) in [5, 5.41) is 11.4. The summed E-state index contributed by atoms with van der Waals surface area (Å²) in [5.41, 5.74) is 20.4. The van der Waals surface area contributed by atoms with Crippen LogP contribution in [0.3, 0.4) is 0 Å². The van der Waals surface area contributed by atoms with Crippen LogP contribution in [-0.2, 0) is 14.4 Å². The Morgan fingerprint density at radius 3 is 2.22 bits per heavy atom. The average Bonchev–Trinajstić information content (AvgIpc) is 3.53. The van der Waals surface area contributed by atoms with E-state index in [4.69, 9.17) is 17.3 Å². The third-order valence-corrected chi connectivity index (χ3v) is 12.9. The van der Waals surface area contributed by atoms with Crippen molar-refractivity contribution in [1.29, 1.82) is 0 Å². The first kappa shape index (κ1) is 52.0. The van der Waals surface area contributed by atoms with Crippen molar-refractivity contribution >= 4 is 29.1 Å². The Kier molecular flexibility index (Phi) is 24.2. The molecule has 0 saturated heterocycles. The number of allylic oxidation sites excluding steroid dienone is 4. The van der Waals surface area contributed by atoms with Crippen LogP contribution < -0.4 is 38.2 Å². The molecule has 9 N–H and O–H groups in total. The Morgan fingerprint density at radius 1 is 0.781 bits per heavy atom. The number of unbranched alkanes of at least 4 members (excludes halogenated alkanes) is 6. The molecule has 2 aliphatic carbocycles. The number of amides is 3. The molecule has 354 valence electrons. The van der Waals surface area contributed by atoms with Gasteiger partial charge in [0.15, 0.2) is 0 Å². The molecule has 1 atom stereocenters. The lowest BCUT2D eigenvalue weighted by molar-refractivity contribution is -0.122. The minimum atomic E-state index is -0.159. The van der Waals surface area contributed by atoms with Gasteiger partial charge in [0.1, 0.15) is 0 Å². The van der Waals surface area contributed by atoms with Crippen LogP contribution in [0.5, 0.6) is 0 Å². The number of para-hydroxylation sites is 1. The van der Waals surface area contributed by atoms with Gasteiger partial charge in [-0.3, -0.25) is 14.4 Å². The lowest BCUT2D eigenvalue weighted by atomic mass is 9.95. The maximum Gasteiger partial charge on any atom is 0.227 e. The number of nitrogens with one attached hydrogen (secondary N) is 3. The number of benzene rings is 1. The molecule has 1 unspecified atom stereocenters. The number of hydrogen-bond acceptors (Lipinski definition) is 8. The number of hydrazine groups is 1. The van der Waals surface area contributed by atoms with Gasteiger partial charge in [0.05, 0.1) is 23.6 Å². The number of carbonyl (C=O) groups excluding carboxylic acids is 3. The minimum Gasteiger partial charge on any atom is -0.396 e. The number of anilines is 1. The van der Waals surface area contributed by atoms with Crippen molar-refractivity contribution in [3.05, 3.63) is 95.4 Å². The van der Waals surface area contributed by atoms with Crippen LogP contribution >= 0.6 is 0 Å². The van der Waals surface area contributed by atoms with Gasteiger partial charge in [-0.1, -0.05) is 125 Å². The van der Waals surface area contributed by atoms with Crippen molar-refractivity contribution in [2.45, 2.75) is 180 Å². The molecule has 64 heavy (non-hydrogen) atoms. The standard InChI is InChI=1S/C53H84N8O3/c1-4-57-49(62)34-21-22-35-51(64)60-40-43-27-15-13-18-30-45(43)52(55)53(46-31-19-20-33-48(46)60)61(56)39-25-23-32-47(54)42(3)58-38-24-12-8-9-14-26-41(2)36-37-50(63)59-44-28-16-10-6-5-7-11-17-29-44/h15,18-20,27,30-31,33,44,47,58H,2-14,16-17,21-26,28-29,32,34-40,54-56H2,1H3,(H,57,62)(H,59,63)/b53-52-. The largest absolute Gasteiger partial charge is 0.396 e. The maximum atomic E-state index is 13.9. The van der Waals surface area contributed by atoms with E-state index in [-0.39, 0.29) is 23.8 Å². The van der Waals surface area contributed by atoms with Crippen molar-refractivity contribution in [3.8, 4) is 0 Å². The van der Waals surface area contributed by atoms with Crippen LogP contribution in [0.4, 0.5) is 5.69 Å². The summed E-state index contributed by atoms with van der Waals surface area (Å²) in [7, 11) is 0. The van der Waals surface area contributed by atoms with Crippen LogP contribution in [0.15, 0.2) is 89.8 Å². The van der Waals surface area contributed by atoms with E-state index in [1.54, 1.807) is 5.01 Å². The molecule has 3 amide bonds. The van der Waals surface area contributed by atoms with Gasteiger partial charge in [0, 0.05) is 67.8 Å². The number of rotatable bonds is 26. The smallest absolute Gasteiger partial charge is 0.227 e. The molecule has 1 aromatic rings. The van der Waals surface area contributed by atoms with Crippen LogP contribution in [0, 0.1) is 0 Å². The van der Waals surface area contributed by atoms with E-state index in [1.165, 1.54) is 63.4 Å². The van der Waals surface area contributed by atoms with Crippen molar-refractivity contribution < 1.29 is 14.4 Å². The van der Waals surface area contributed by atoms with Gasteiger partial charge < -0.3 is 37.3 Å². The van der Waals surface area contributed by atoms with Crippen LogP contribution in [-0.4, -0.2) is 61.0 Å². The fourth-order valence-corrected chi connectivity index (χ4v) is 9.04. The SMILES string of the molecule is C=C(CCCCCCCNC(=C)C(N)CCCCN(N)/C1=C(\N)C2=C(C=CCC=C2)CN(C(=O)CCCCC(=O)NCC)c2ccccc21)CCC(=O)NC1CCCCCCCCC1. The lowest BCUT2D eigenvalue weighted by Gasteiger charge is -2.33. The quantitative estimate of drug-likeness (QED) is 0.0231. The Labute approximate surface area is 386 Å². The van der Waals surface area contributed by atoms with Crippen molar-refractivity contribution in [2.75, 3.05) is 31.1 Å². The van der Waals surface area contributed by atoms with Gasteiger partial charge in [-0.2, -0.15) is 0 Å². The van der Waals surface area contributed by atoms with Gasteiger partial charge >= 0.3 is 0 Å². The Morgan fingerprint density at radius 2 is 1.45 bits per heavy atom. The normalized spacial score (nSPS) is 17.6. The summed E-state index contributed by atoms with van der Waals surface area (Å²) in [6, 6.07) is 8.04. The summed E-state index contributed by atoms with van der Waals surface area (Å²) in [6.07, 6.45) is 32.9. The Balaban J connectivity index is 1.15. The highest BCUT2D eigenvalue weighted by Crippen LogP contribution is 2.37. The molecule has 11 heteroatoms.